The fraction of sp³-hybridized carbons (Fsp3) is 0.909. The Bertz CT molecular complexity index is 625. The number of hydrogen-bond donors (Lipinski definition) is 0. The van der Waals surface area contributed by atoms with E-state index in [0.717, 1.165) is 25.7 Å². The molecular weight excluding hydrogens is 349 g/mol. The molecule has 4 aliphatic rings. The van der Waals surface area contributed by atoms with Crippen molar-refractivity contribution in [2.75, 3.05) is 7.05 Å². The number of carbonyl (C=O) groups excluding carboxylic acids is 2. The minimum atomic E-state index is -0.873. The Morgan fingerprint density at radius 1 is 1.07 bits per heavy atom. The molecule has 1 heterocycles. The predicted octanol–water partition coefficient (Wildman–Crippen LogP) is -0.144. The number of rotatable bonds is 2. The fourth-order valence-electron chi connectivity index (χ4n) is 8.18. The van der Waals surface area contributed by atoms with Crippen LogP contribution < -0.4 is 34.7 Å². The average Bonchev–Trinajstić information content (AvgIpc) is 2.95. The number of carboxylic acids is 1. The van der Waals surface area contributed by atoms with Gasteiger partial charge >= 0.3 is 29.6 Å². The molecule has 146 valence electrons. The molecule has 0 bridgehead atoms. The first kappa shape index (κ1) is 21.6. The predicted molar refractivity (Wildman–Crippen MR) is 97.8 cm³/mol. The molecule has 0 aromatic carbocycles. The zero-order chi connectivity index (χ0) is 18.9. The maximum atomic E-state index is 12.2. The van der Waals surface area contributed by atoms with Crippen LogP contribution >= 0.6 is 0 Å². The molecule has 0 N–H and O–H groups in total. The maximum Gasteiger partial charge on any atom is 1.00 e. The van der Waals surface area contributed by atoms with Crippen molar-refractivity contribution < 1.29 is 44.3 Å². The number of aliphatic carboxylic acids is 1. The number of piperidine rings is 1. The van der Waals surface area contributed by atoms with Crippen LogP contribution in [0.5, 0.6) is 0 Å². The van der Waals surface area contributed by atoms with Crippen LogP contribution in [0.1, 0.15) is 72.1 Å². The van der Waals surface area contributed by atoms with Crippen LogP contribution in [0.3, 0.4) is 0 Å². The number of fused-ring (bicyclic) bond motifs is 5. The first-order valence-electron chi connectivity index (χ1n) is 10.7. The van der Waals surface area contributed by atoms with Gasteiger partial charge < -0.3 is 14.8 Å². The van der Waals surface area contributed by atoms with Gasteiger partial charge in [0.2, 0.25) is 5.91 Å². The van der Waals surface area contributed by atoms with Gasteiger partial charge in [0.25, 0.3) is 0 Å². The summed E-state index contributed by atoms with van der Waals surface area (Å²) in [6.07, 6.45) is 8.60. The molecule has 1 saturated heterocycles. The molecular formula is C22H34NNaO3. The van der Waals surface area contributed by atoms with Crippen LogP contribution in [0.2, 0.25) is 0 Å². The largest absolute Gasteiger partial charge is 1.00 e. The molecule has 1 aliphatic heterocycles. The number of nitrogens with zero attached hydrogens (tertiary/aromatic N) is 1. The van der Waals surface area contributed by atoms with Crippen molar-refractivity contribution in [1.29, 1.82) is 0 Å². The van der Waals surface area contributed by atoms with E-state index in [1.807, 2.05) is 18.9 Å². The van der Waals surface area contributed by atoms with Gasteiger partial charge in [-0.3, -0.25) is 4.79 Å². The Kier molecular flexibility index (Phi) is 5.87. The van der Waals surface area contributed by atoms with Gasteiger partial charge in [-0.2, -0.15) is 0 Å². The molecule has 0 aromatic heterocycles. The molecule has 1 amide bonds. The topological polar surface area (TPSA) is 60.4 Å². The normalized spacial score (nSPS) is 47.3. The van der Waals surface area contributed by atoms with E-state index in [2.05, 4.69) is 13.8 Å². The molecule has 5 heteroatoms. The van der Waals surface area contributed by atoms with Crippen molar-refractivity contribution >= 4 is 11.9 Å². The Morgan fingerprint density at radius 3 is 2.41 bits per heavy atom. The van der Waals surface area contributed by atoms with Crippen LogP contribution in [0, 0.1) is 40.4 Å². The molecule has 3 saturated carbocycles. The van der Waals surface area contributed by atoms with Gasteiger partial charge in [-0.1, -0.05) is 20.8 Å². The van der Waals surface area contributed by atoms with Gasteiger partial charge in [-0.25, -0.2) is 0 Å². The van der Waals surface area contributed by atoms with E-state index in [9.17, 15) is 14.7 Å². The third kappa shape index (κ3) is 3.04. The molecule has 0 radical (unpaired) electrons. The molecule has 4 rings (SSSR count). The van der Waals surface area contributed by atoms with E-state index < -0.39 is 5.97 Å². The van der Waals surface area contributed by atoms with Gasteiger partial charge in [0.05, 0.1) is 0 Å². The average molecular weight is 384 g/mol. The van der Waals surface area contributed by atoms with E-state index in [1.165, 1.54) is 19.3 Å². The quantitative estimate of drug-likeness (QED) is 0.624. The van der Waals surface area contributed by atoms with Crippen LogP contribution in [0.15, 0.2) is 0 Å². The first-order valence-corrected chi connectivity index (χ1v) is 10.7. The summed E-state index contributed by atoms with van der Waals surface area (Å²) in [5, 5.41) is 11.5. The van der Waals surface area contributed by atoms with E-state index in [1.54, 1.807) is 0 Å². The van der Waals surface area contributed by atoms with E-state index >= 15 is 0 Å². The fourth-order valence-corrected chi connectivity index (χ4v) is 8.18. The molecule has 4 nitrogen and oxygen atoms in total. The van der Waals surface area contributed by atoms with E-state index in [0.29, 0.717) is 36.1 Å². The number of carboxylic acid groups (broad SMARTS) is 1. The summed E-state index contributed by atoms with van der Waals surface area (Å²) in [6, 6.07) is 0.397. The molecule has 8 unspecified atom stereocenters. The van der Waals surface area contributed by atoms with Crippen molar-refractivity contribution in [2.45, 2.75) is 78.2 Å². The van der Waals surface area contributed by atoms with E-state index in [-0.39, 0.29) is 52.2 Å². The van der Waals surface area contributed by atoms with Crippen molar-refractivity contribution in [3.63, 3.8) is 0 Å². The van der Waals surface area contributed by atoms with Crippen LogP contribution in [0.4, 0.5) is 0 Å². The van der Waals surface area contributed by atoms with E-state index in [4.69, 9.17) is 0 Å². The summed E-state index contributed by atoms with van der Waals surface area (Å²) in [5.74, 6) is 1.40. The smallest absolute Gasteiger partial charge is 0.550 e. The number of hydrogen-bond acceptors (Lipinski definition) is 3. The second kappa shape index (κ2) is 7.32. The third-order valence-corrected chi connectivity index (χ3v) is 9.61. The van der Waals surface area contributed by atoms with Gasteiger partial charge in [-0.15, -0.1) is 0 Å². The number of likely N-dealkylation sites (tertiary alicyclic amines) is 1. The Hall–Kier alpha value is -0.0600. The van der Waals surface area contributed by atoms with Crippen molar-refractivity contribution in [2.24, 2.45) is 40.4 Å². The maximum absolute atomic E-state index is 12.2. The summed E-state index contributed by atoms with van der Waals surface area (Å²) in [7, 11) is 2.00. The van der Waals surface area contributed by atoms with Gasteiger partial charge in [0.15, 0.2) is 0 Å². The zero-order valence-electron chi connectivity index (χ0n) is 17.8. The first-order chi connectivity index (χ1) is 12.2. The van der Waals surface area contributed by atoms with Gasteiger partial charge in [-0.05, 0) is 85.4 Å². The SMILES string of the molecule is CC(C(=O)[O-])C1CCC2C3CCC4N(C)C(=O)CCC4(C)C3CCC12C.[Na+]. The van der Waals surface area contributed by atoms with Crippen LogP contribution in [-0.2, 0) is 9.59 Å². The van der Waals surface area contributed by atoms with Crippen molar-refractivity contribution in [1.82, 2.24) is 4.90 Å². The van der Waals surface area contributed by atoms with Crippen molar-refractivity contribution in [3.05, 3.63) is 0 Å². The van der Waals surface area contributed by atoms with Crippen molar-refractivity contribution in [3.8, 4) is 0 Å². The minimum absolute atomic E-state index is 0. The molecule has 0 aromatic rings. The third-order valence-electron chi connectivity index (χ3n) is 9.61. The number of carbonyl (C=O) groups is 2. The van der Waals surface area contributed by atoms with Crippen LogP contribution in [-0.4, -0.2) is 29.9 Å². The second-order valence-electron chi connectivity index (χ2n) is 10.3. The second-order valence-corrected chi connectivity index (χ2v) is 10.3. The molecule has 0 spiro atoms. The molecule has 4 fully saturated rings. The Balaban J connectivity index is 0.00000210. The Morgan fingerprint density at radius 2 is 1.74 bits per heavy atom. The standard InChI is InChI=1S/C22H35NO3.Na/c1-13(20(25)26)15-6-7-16-14-5-8-18-22(3,12-10-19(24)23(18)4)17(14)9-11-21(15,16)2;/h13-18H,5-12H2,1-4H3,(H,25,26);/q;+1/p-1. The number of amides is 1. The van der Waals surface area contributed by atoms with Gasteiger partial charge in [0, 0.05) is 25.5 Å². The molecule has 8 atom stereocenters. The summed E-state index contributed by atoms with van der Waals surface area (Å²) in [5.41, 5.74) is 0.394. The monoisotopic (exact) mass is 383 g/mol. The zero-order valence-corrected chi connectivity index (χ0v) is 19.8. The summed E-state index contributed by atoms with van der Waals surface area (Å²) in [4.78, 5) is 25.8. The molecule has 3 aliphatic carbocycles. The molecule has 27 heavy (non-hydrogen) atoms. The summed E-state index contributed by atoms with van der Waals surface area (Å²) < 4.78 is 0. The summed E-state index contributed by atoms with van der Waals surface area (Å²) >= 11 is 0. The Labute approximate surface area is 186 Å². The van der Waals surface area contributed by atoms with Crippen LogP contribution in [0.25, 0.3) is 0 Å². The summed E-state index contributed by atoms with van der Waals surface area (Å²) in [6.45, 7) is 6.67. The van der Waals surface area contributed by atoms with Gasteiger partial charge in [0.1, 0.15) is 0 Å². The minimum Gasteiger partial charge on any atom is -0.550 e.